The molecule has 0 aromatic carbocycles. The monoisotopic (exact) mass is 192 g/mol. The van der Waals surface area contributed by atoms with E-state index in [4.69, 9.17) is 16.3 Å². The van der Waals surface area contributed by atoms with Gasteiger partial charge in [-0.1, -0.05) is 20.8 Å². The quantitative estimate of drug-likeness (QED) is 0.643. The smallest absolute Gasteiger partial charge is 0.227 e. The molecule has 0 bridgehead atoms. The van der Waals surface area contributed by atoms with E-state index >= 15 is 0 Å². The predicted octanol–water partition coefficient (Wildman–Crippen LogP) is 2.45. The van der Waals surface area contributed by atoms with Crippen LogP contribution in [0, 0.1) is 11.3 Å². The Labute approximate surface area is 79.2 Å². The fraction of sp³-hybridized carbons (Fsp3) is 0.889. The van der Waals surface area contributed by atoms with Crippen molar-refractivity contribution in [1.82, 2.24) is 0 Å². The zero-order valence-electron chi connectivity index (χ0n) is 8.35. The van der Waals surface area contributed by atoms with Crippen molar-refractivity contribution in [3.63, 3.8) is 0 Å². The van der Waals surface area contributed by atoms with Gasteiger partial charge in [0.2, 0.25) is 5.24 Å². The SMILES string of the molecule is COC(C)C(C(=O)Cl)C(C)(C)C. The summed E-state index contributed by atoms with van der Waals surface area (Å²) in [5.41, 5.74) is -0.145. The molecule has 2 unspecified atom stereocenters. The molecule has 0 N–H and O–H groups in total. The minimum Gasteiger partial charge on any atom is -0.381 e. The number of carbonyl (C=O) groups excluding carboxylic acids is 1. The molecule has 0 aliphatic heterocycles. The van der Waals surface area contributed by atoms with E-state index in [0.717, 1.165) is 0 Å². The highest BCUT2D eigenvalue weighted by Crippen LogP contribution is 2.31. The first-order valence-electron chi connectivity index (χ1n) is 4.03. The summed E-state index contributed by atoms with van der Waals surface area (Å²) in [6.45, 7) is 7.80. The summed E-state index contributed by atoms with van der Waals surface area (Å²) in [6.07, 6.45) is -0.130. The standard InChI is InChI=1S/C9H17ClO2/c1-6(12-5)7(8(10)11)9(2,3)4/h6-7H,1-5H3. The van der Waals surface area contributed by atoms with Gasteiger partial charge >= 0.3 is 0 Å². The normalized spacial score (nSPS) is 17.2. The number of methoxy groups -OCH3 is 1. The lowest BCUT2D eigenvalue weighted by Crippen LogP contribution is -2.35. The Morgan fingerprint density at radius 3 is 1.92 bits per heavy atom. The van der Waals surface area contributed by atoms with E-state index in [0.29, 0.717) is 0 Å². The van der Waals surface area contributed by atoms with Gasteiger partial charge in [-0.05, 0) is 23.9 Å². The molecule has 0 saturated heterocycles. The van der Waals surface area contributed by atoms with Gasteiger partial charge in [-0.25, -0.2) is 0 Å². The highest BCUT2D eigenvalue weighted by Gasteiger charge is 2.34. The van der Waals surface area contributed by atoms with Gasteiger partial charge < -0.3 is 4.74 Å². The van der Waals surface area contributed by atoms with Crippen molar-refractivity contribution in [2.75, 3.05) is 7.11 Å². The number of ether oxygens (including phenoxy) is 1. The maximum absolute atomic E-state index is 11.1. The van der Waals surface area contributed by atoms with Gasteiger partial charge in [-0.2, -0.15) is 0 Å². The lowest BCUT2D eigenvalue weighted by atomic mass is 9.78. The largest absolute Gasteiger partial charge is 0.381 e. The zero-order chi connectivity index (χ0) is 9.94. The first-order chi connectivity index (χ1) is 5.30. The number of carbonyl (C=O) groups is 1. The molecule has 0 aromatic heterocycles. The summed E-state index contributed by atoms with van der Waals surface area (Å²) in [6, 6.07) is 0. The van der Waals surface area contributed by atoms with Crippen LogP contribution in [0.2, 0.25) is 0 Å². The van der Waals surface area contributed by atoms with Gasteiger partial charge in [0, 0.05) is 7.11 Å². The summed E-state index contributed by atoms with van der Waals surface area (Å²) in [4.78, 5) is 11.1. The molecule has 0 aliphatic carbocycles. The second-order valence-corrected chi connectivity index (χ2v) is 4.46. The van der Waals surface area contributed by atoms with E-state index in [1.165, 1.54) is 0 Å². The maximum atomic E-state index is 11.1. The molecule has 3 heteroatoms. The minimum absolute atomic E-state index is 0.130. The number of rotatable bonds is 3. The van der Waals surface area contributed by atoms with E-state index in [2.05, 4.69) is 0 Å². The van der Waals surface area contributed by atoms with Crippen LogP contribution < -0.4 is 0 Å². The van der Waals surface area contributed by atoms with Crippen molar-refractivity contribution in [1.29, 1.82) is 0 Å². The third-order valence-electron chi connectivity index (χ3n) is 2.02. The number of halogens is 1. The first kappa shape index (κ1) is 11.9. The minimum atomic E-state index is -0.322. The van der Waals surface area contributed by atoms with Gasteiger partial charge in [-0.15, -0.1) is 0 Å². The van der Waals surface area contributed by atoms with Gasteiger partial charge in [-0.3, -0.25) is 4.79 Å². The zero-order valence-corrected chi connectivity index (χ0v) is 9.11. The molecule has 72 valence electrons. The van der Waals surface area contributed by atoms with Crippen molar-refractivity contribution in [3.05, 3.63) is 0 Å². The third kappa shape index (κ3) is 3.11. The Bertz CT molecular complexity index is 160. The van der Waals surface area contributed by atoms with Gasteiger partial charge in [0.05, 0.1) is 12.0 Å². The van der Waals surface area contributed by atoms with Crippen LogP contribution in [0.25, 0.3) is 0 Å². The summed E-state index contributed by atoms with van der Waals surface area (Å²) in [7, 11) is 1.59. The van der Waals surface area contributed by atoms with Crippen LogP contribution in [0.15, 0.2) is 0 Å². The highest BCUT2D eigenvalue weighted by molar-refractivity contribution is 6.64. The number of hydrogen-bond acceptors (Lipinski definition) is 2. The molecule has 0 fully saturated rings. The van der Waals surface area contributed by atoms with Crippen LogP contribution >= 0.6 is 11.6 Å². The van der Waals surface area contributed by atoms with Crippen molar-refractivity contribution in [3.8, 4) is 0 Å². The van der Waals surface area contributed by atoms with Gasteiger partial charge in [0.25, 0.3) is 0 Å². The molecule has 0 heterocycles. The second-order valence-electron chi connectivity index (χ2n) is 4.09. The van der Waals surface area contributed by atoms with Crippen LogP contribution in [-0.4, -0.2) is 18.5 Å². The van der Waals surface area contributed by atoms with E-state index in [1.54, 1.807) is 7.11 Å². The Balaban J connectivity index is 4.56. The number of hydrogen-bond donors (Lipinski definition) is 0. The third-order valence-corrected chi connectivity index (χ3v) is 2.25. The Morgan fingerprint density at radius 2 is 1.83 bits per heavy atom. The Kier molecular flexibility index (Phi) is 4.21. The average molecular weight is 193 g/mol. The van der Waals surface area contributed by atoms with Crippen LogP contribution in [0.3, 0.4) is 0 Å². The summed E-state index contributed by atoms with van der Waals surface area (Å²) >= 11 is 5.48. The molecule has 12 heavy (non-hydrogen) atoms. The van der Waals surface area contributed by atoms with E-state index in [1.807, 2.05) is 27.7 Å². The van der Waals surface area contributed by atoms with Gasteiger partial charge in [0.1, 0.15) is 0 Å². The molecular formula is C9H17ClO2. The summed E-state index contributed by atoms with van der Waals surface area (Å²) < 4.78 is 5.09. The Hall–Kier alpha value is -0.0800. The molecule has 0 amide bonds. The molecule has 0 aromatic rings. The molecule has 0 radical (unpaired) electrons. The van der Waals surface area contributed by atoms with Crippen molar-refractivity contribution >= 4 is 16.8 Å². The van der Waals surface area contributed by atoms with E-state index in [-0.39, 0.29) is 22.7 Å². The van der Waals surface area contributed by atoms with Crippen LogP contribution in [-0.2, 0) is 9.53 Å². The average Bonchev–Trinajstić information content (AvgIpc) is 1.83. The van der Waals surface area contributed by atoms with E-state index < -0.39 is 0 Å². The van der Waals surface area contributed by atoms with Crippen molar-refractivity contribution < 1.29 is 9.53 Å². The molecule has 0 rings (SSSR count). The van der Waals surface area contributed by atoms with Crippen molar-refractivity contribution in [2.45, 2.75) is 33.8 Å². The fourth-order valence-electron chi connectivity index (χ4n) is 1.37. The molecule has 2 nitrogen and oxygen atoms in total. The van der Waals surface area contributed by atoms with E-state index in [9.17, 15) is 4.79 Å². The lowest BCUT2D eigenvalue weighted by Gasteiger charge is -2.31. The molecule has 2 atom stereocenters. The predicted molar refractivity (Wildman–Crippen MR) is 50.3 cm³/mol. The maximum Gasteiger partial charge on any atom is 0.227 e. The van der Waals surface area contributed by atoms with Crippen LogP contribution in [0.5, 0.6) is 0 Å². The molecule has 0 spiro atoms. The first-order valence-corrected chi connectivity index (χ1v) is 4.40. The van der Waals surface area contributed by atoms with Gasteiger partial charge in [0.15, 0.2) is 0 Å². The second kappa shape index (κ2) is 4.24. The molecule has 0 aliphatic rings. The lowest BCUT2D eigenvalue weighted by molar-refractivity contribution is -0.123. The summed E-state index contributed by atoms with van der Waals surface area (Å²) in [5, 5.41) is -0.322. The molecular weight excluding hydrogens is 176 g/mol. The Morgan fingerprint density at radius 1 is 1.42 bits per heavy atom. The molecule has 0 saturated carbocycles. The highest BCUT2D eigenvalue weighted by atomic mass is 35.5. The topological polar surface area (TPSA) is 26.3 Å². The fourth-order valence-corrected chi connectivity index (χ4v) is 1.87. The van der Waals surface area contributed by atoms with Crippen LogP contribution in [0.4, 0.5) is 0 Å². The summed E-state index contributed by atoms with van der Waals surface area (Å²) in [5.74, 6) is -0.246. The van der Waals surface area contributed by atoms with Crippen molar-refractivity contribution in [2.24, 2.45) is 11.3 Å². The van der Waals surface area contributed by atoms with Crippen LogP contribution in [0.1, 0.15) is 27.7 Å².